The van der Waals surface area contributed by atoms with Crippen molar-refractivity contribution in [1.29, 1.82) is 0 Å². The van der Waals surface area contributed by atoms with Crippen molar-refractivity contribution in [3.05, 3.63) is 0 Å². The normalized spacial score (nSPS) is 41.7. The van der Waals surface area contributed by atoms with E-state index < -0.39 is 11.2 Å². The molecule has 8 N–H and O–H groups in total. The molecule has 2 fully saturated rings. The molecule has 0 spiro atoms. The fourth-order valence-electron chi connectivity index (χ4n) is 2.67. The Kier molecular flexibility index (Phi) is 6.84. The summed E-state index contributed by atoms with van der Waals surface area (Å²) in [5, 5.41) is 36.5. The summed E-state index contributed by atoms with van der Waals surface area (Å²) in [5.74, 6) is 0. The largest absolute Gasteiger partial charge is 0.393 e. The maximum atomic E-state index is 9.49. The molecule has 0 aromatic rings. The number of nitrogens with two attached hydrogens (primary N) is 2. The van der Waals surface area contributed by atoms with Crippen LogP contribution in [0.15, 0.2) is 0 Å². The standard InChI is InChI=1S/2C7H15NO2/c2*8-6-1-3-7(10,5-9)4-2-6/h2*6,9-10H,1-5,8H2. The van der Waals surface area contributed by atoms with Crippen molar-refractivity contribution < 1.29 is 20.4 Å². The Labute approximate surface area is 120 Å². The Balaban J connectivity index is 0.000000200. The lowest BCUT2D eigenvalue weighted by Crippen LogP contribution is -2.41. The van der Waals surface area contributed by atoms with Crippen molar-refractivity contribution in [1.82, 2.24) is 0 Å². The molecule has 120 valence electrons. The first-order valence-corrected chi connectivity index (χ1v) is 7.50. The average Bonchev–Trinajstić information content (AvgIpc) is 2.47. The molecule has 6 heteroatoms. The molecular formula is C14H30N2O4. The van der Waals surface area contributed by atoms with Crippen molar-refractivity contribution >= 4 is 0 Å². The van der Waals surface area contributed by atoms with Gasteiger partial charge in [0, 0.05) is 12.1 Å². The molecule has 2 saturated carbocycles. The van der Waals surface area contributed by atoms with Gasteiger partial charge in [-0.1, -0.05) is 0 Å². The van der Waals surface area contributed by atoms with Gasteiger partial charge in [0.05, 0.1) is 24.4 Å². The van der Waals surface area contributed by atoms with E-state index in [-0.39, 0.29) is 25.3 Å². The summed E-state index contributed by atoms with van der Waals surface area (Å²) in [6.07, 6.45) is 5.90. The molecular weight excluding hydrogens is 260 g/mol. The lowest BCUT2D eigenvalue weighted by molar-refractivity contribution is -0.0451. The van der Waals surface area contributed by atoms with E-state index in [1.165, 1.54) is 0 Å². The van der Waals surface area contributed by atoms with Crippen LogP contribution in [0.4, 0.5) is 0 Å². The Morgan fingerprint density at radius 3 is 1.15 bits per heavy atom. The highest BCUT2D eigenvalue weighted by Crippen LogP contribution is 2.27. The number of aliphatic hydroxyl groups is 4. The minimum absolute atomic E-state index is 0.125. The van der Waals surface area contributed by atoms with Gasteiger partial charge in [0.2, 0.25) is 0 Å². The molecule has 0 atom stereocenters. The molecule has 2 rings (SSSR count). The van der Waals surface area contributed by atoms with E-state index in [4.69, 9.17) is 21.7 Å². The van der Waals surface area contributed by atoms with E-state index >= 15 is 0 Å². The molecule has 0 amide bonds. The first-order chi connectivity index (χ1) is 9.32. The highest BCUT2D eigenvalue weighted by molar-refractivity contribution is 4.86. The Hall–Kier alpha value is -0.240. The van der Waals surface area contributed by atoms with E-state index in [1.807, 2.05) is 0 Å². The third-order valence-electron chi connectivity index (χ3n) is 4.51. The molecule has 6 nitrogen and oxygen atoms in total. The Bertz CT molecular complexity index is 244. The molecule has 20 heavy (non-hydrogen) atoms. The molecule has 0 aromatic carbocycles. The number of hydrogen-bond acceptors (Lipinski definition) is 6. The van der Waals surface area contributed by atoms with E-state index in [9.17, 15) is 10.2 Å². The molecule has 0 unspecified atom stereocenters. The van der Waals surface area contributed by atoms with Crippen molar-refractivity contribution in [2.24, 2.45) is 11.5 Å². The lowest BCUT2D eigenvalue weighted by Gasteiger charge is -2.32. The smallest absolute Gasteiger partial charge is 0.0878 e. The van der Waals surface area contributed by atoms with Gasteiger partial charge in [0.25, 0.3) is 0 Å². The van der Waals surface area contributed by atoms with Gasteiger partial charge in [-0.25, -0.2) is 0 Å². The summed E-state index contributed by atoms with van der Waals surface area (Å²) in [4.78, 5) is 0. The van der Waals surface area contributed by atoms with Crippen LogP contribution in [0, 0.1) is 0 Å². The molecule has 0 radical (unpaired) electrons. The summed E-state index contributed by atoms with van der Waals surface area (Å²) in [5.41, 5.74) is 9.59. The highest BCUT2D eigenvalue weighted by atomic mass is 16.3. The van der Waals surface area contributed by atoms with Gasteiger partial charge in [-0.05, 0) is 51.4 Å². The van der Waals surface area contributed by atoms with Gasteiger partial charge in [-0.15, -0.1) is 0 Å². The topological polar surface area (TPSA) is 133 Å². The second-order valence-corrected chi connectivity index (χ2v) is 6.44. The molecule has 2 aliphatic carbocycles. The lowest BCUT2D eigenvalue weighted by atomic mass is 9.83. The van der Waals surface area contributed by atoms with Crippen LogP contribution in [-0.2, 0) is 0 Å². The van der Waals surface area contributed by atoms with Crippen molar-refractivity contribution in [2.45, 2.75) is 74.7 Å². The second-order valence-electron chi connectivity index (χ2n) is 6.44. The third-order valence-corrected chi connectivity index (χ3v) is 4.51. The summed E-state index contributed by atoms with van der Waals surface area (Å²) >= 11 is 0. The van der Waals surface area contributed by atoms with Gasteiger partial charge >= 0.3 is 0 Å². The maximum Gasteiger partial charge on any atom is 0.0878 e. The fourth-order valence-corrected chi connectivity index (χ4v) is 2.67. The van der Waals surface area contributed by atoms with Gasteiger partial charge in [0.1, 0.15) is 0 Å². The summed E-state index contributed by atoms with van der Waals surface area (Å²) in [6.45, 7) is -0.251. The Morgan fingerprint density at radius 2 is 0.950 bits per heavy atom. The first-order valence-electron chi connectivity index (χ1n) is 7.50. The molecule has 2 aliphatic rings. The van der Waals surface area contributed by atoms with Crippen LogP contribution < -0.4 is 11.5 Å². The van der Waals surface area contributed by atoms with Crippen LogP contribution >= 0.6 is 0 Å². The van der Waals surface area contributed by atoms with Gasteiger partial charge in [-0.2, -0.15) is 0 Å². The zero-order valence-corrected chi connectivity index (χ0v) is 12.2. The summed E-state index contributed by atoms with van der Waals surface area (Å²) in [6, 6.07) is 0.457. The molecule has 0 saturated heterocycles. The molecule has 0 bridgehead atoms. The maximum absolute atomic E-state index is 9.49. The van der Waals surface area contributed by atoms with Crippen LogP contribution in [-0.4, -0.2) is 56.9 Å². The predicted molar refractivity (Wildman–Crippen MR) is 77.0 cm³/mol. The highest BCUT2D eigenvalue weighted by Gasteiger charge is 2.31. The van der Waals surface area contributed by atoms with Crippen LogP contribution in [0.1, 0.15) is 51.4 Å². The van der Waals surface area contributed by atoms with Crippen molar-refractivity contribution in [3.8, 4) is 0 Å². The minimum Gasteiger partial charge on any atom is -0.393 e. The van der Waals surface area contributed by atoms with Gasteiger partial charge in [0.15, 0.2) is 0 Å². The number of rotatable bonds is 2. The second kappa shape index (κ2) is 7.68. The van der Waals surface area contributed by atoms with E-state index in [0.29, 0.717) is 25.7 Å². The summed E-state index contributed by atoms with van der Waals surface area (Å²) in [7, 11) is 0. The van der Waals surface area contributed by atoms with E-state index in [1.54, 1.807) is 0 Å². The zero-order chi connectivity index (χ0) is 15.2. The monoisotopic (exact) mass is 290 g/mol. The average molecular weight is 290 g/mol. The van der Waals surface area contributed by atoms with Gasteiger partial charge < -0.3 is 31.9 Å². The van der Waals surface area contributed by atoms with E-state index in [0.717, 1.165) is 25.7 Å². The SMILES string of the molecule is NC1CCC(O)(CO)CC1.NC1CCC(O)(CO)CC1. The quantitative estimate of drug-likeness (QED) is 0.395. The van der Waals surface area contributed by atoms with E-state index in [2.05, 4.69) is 0 Å². The third kappa shape index (κ3) is 5.63. The van der Waals surface area contributed by atoms with Crippen LogP contribution in [0.3, 0.4) is 0 Å². The summed E-state index contributed by atoms with van der Waals surface area (Å²) < 4.78 is 0. The molecule has 0 aliphatic heterocycles. The minimum atomic E-state index is -0.824. The zero-order valence-electron chi connectivity index (χ0n) is 12.2. The van der Waals surface area contributed by atoms with Crippen molar-refractivity contribution in [3.63, 3.8) is 0 Å². The van der Waals surface area contributed by atoms with Gasteiger partial charge in [-0.3, -0.25) is 0 Å². The van der Waals surface area contributed by atoms with Crippen LogP contribution in [0.5, 0.6) is 0 Å². The molecule has 0 aromatic heterocycles. The van der Waals surface area contributed by atoms with Crippen LogP contribution in [0.2, 0.25) is 0 Å². The van der Waals surface area contributed by atoms with Crippen LogP contribution in [0.25, 0.3) is 0 Å². The first kappa shape index (κ1) is 17.8. The number of aliphatic hydroxyl groups excluding tert-OH is 2. The molecule has 0 heterocycles. The Morgan fingerprint density at radius 1 is 0.700 bits per heavy atom. The van der Waals surface area contributed by atoms with Crippen molar-refractivity contribution in [2.75, 3.05) is 13.2 Å². The predicted octanol–water partition coefficient (Wildman–Crippen LogP) is -0.778. The fraction of sp³-hybridized carbons (Fsp3) is 1.00. The number of hydrogen-bond donors (Lipinski definition) is 6.